The molecule has 4 rings (SSSR count). The van der Waals surface area contributed by atoms with Crippen molar-refractivity contribution >= 4 is 45.8 Å². The Morgan fingerprint density at radius 3 is 2.71 bits per heavy atom. The van der Waals surface area contributed by atoms with Crippen LogP contribution in [0.3, 0.4) is 0 Å². The van der Waals surface area contributed by atoms with Crippen LogP contribution in [0.1, 0.15) is 23.1 Å². The minimum absolute atomic E-state index is 0.104. The molecule has 2 N–H and O–H groups in total. The quantitative estimate of drug-likeness (QED) is 0.546. The predicted octanol–water partition coefficient (Wildman–Crippen LogP) is 4.26. The highest BCUT2D eigenvalue weighted by atomic mass is 32.2. The Morgan fingerprint density at radius 1 is 1.13 bits per heavy atom. The van der Waals surface area contributed by atoms with Crippen LogP contribution in [0.2, 0.25) is 0 Å². The van der Waals surface area contributed by atoms with Crippen LogP contribution < -0.4 is 5.32 Å². The summed E-state index contributed by atoms with van der Waals surface area (Å²) in [6.07, 6.45) is 4.62. The maximum Gasteiger partial charge on any atom is 0.293 e. The van der Waals surface area contributed by atoms with Crippen LogP contribution in [-0.2, 0) is 16.0 Å². The highest BCUT2D eigenvalue weighted by Crippen LogP contribution is 2.31. The number of nitrogens with one attached hydrogen (secondary N) is 2. The van der Waals surface area contributed by atoms with Gasteiger partial charge in [0.05, 0.1) is 4.91 Å². The van der Waals surface area contributed by atoms with E-state index in [-0.39, 0.29) is 30.1 Å². The first-order valence-electron chi connectivity index (χ1n) is 10.1. The lowest BCUT2D eigenvalue weighted by molar-refractivity contribution is -0.124. The number of imide groups is 1. The van der Waals surface area contributed by atoms with Crippen LogP contribution in [0, 0.1) is 6.92 Å². The molecule has 6 nitrogen and oxygen atoms in total. The van der Waals surface area contributed by atoms with Gasteiger partial charge in [-0.05, 0) is 48.4 Å². The minimum Gasteiger partial charge on any atom is -0.361 e. The Kier molecular flexibility index (Phi) is 6.23. The largest absolute Gasteiger partial charge is 0.361 e. The smallest absolute Gasteiger partial charge is 0.293 e. The Bertz CT molecular complexity index is 1160. The average Bonchev–Trinajstić information content (AvgIpc) is 3.29. The Hall–Kier alpha value is -3.32. The number of para-hydroxylation sites is 1. The van der Waals surface area contributed by atoms with E-state index in [1.54, 1.807) is 6.08 Å². The van der Waals surface area contributed by atoms with E-state index in [2.05, 4.69) is 10.3 Å². The van der Waals surface area contributed by atoms with Gasteiger partial charge in [-0.25, -0.2) is 0 Å². The van der Waals surface area contributed by atoms with Crippen LogP contribution in [0.15, 0.2) is 59.6 Å². The second-order valence-corrected chi connectivity index (χ2v) is 8.45. The number of amides is 3. The van der Waals surface area contributed by atoms with Crippen molar-refractivity contribution in [3.8, 4) is 0 Å². The van der Waals surface area contributed by atoms with E-state index >= 15 is 0 Å². The fourth-order valence-electron chi connectivity index (χ4n) is 3.49. The molecule has 0 spiro atoms. The second kappa shape index (κ2) is 9.22. The molecule has 2 aromatic carbocycles. The first-order valence-corrected chi connectivity index (χ1v) is 11.0. The van der Waals surface area contributed by atoms with Crippen LogP contribution in [0.4, 0.5) is 4.79 Å². The zero-order valence-corrected chi connectivity index (χ0v) is 18.0. The summed E-state index contributed by atoms with van der Waals surface area (Å²) in [5, 5.41) is 3.62. The molecule has 0 saturated carbocycles. The third-order valence-corrected chi connectivity index (χ3v) is 6.11. The summed E-state index contributed by atoms with van der Waals surface area (Å²) in [7, 11) is 0. The molecule has 1 aliphatic rings. The van der Waals surface area contributed by atoms with Gasteiger partial charge in [-0.3, -0.25) is 19.3 Å². The van der Waals surface area contributed by atoms with E-state index < -0.39 is 0 Å². The fourth-order valence-corrected chi connectivity index (χ4v) is 4.35. The third-order valence-electron chi connectivity index (χ3n) is 5.20. The molecule has 0 bridgehead atoms. The first-order chi connectivity index (χ1) is 15.0. The van der Waals surface area contributed by atoms with Crippen molar-refractivity contribution in [3.05, 3.63) is 76.3 Å². The second-order valence-electron chi connectivity index (χ2n) is 7.45. The number of aromatic amines is 1. The molecule has 1 fully saturated rings. The molecular formula is C24H23N3O3S. The average molecular weight is 434 g/mol. The molecule has 0 aliphatic carbocycles. The molecule has 3 aromatic rings. The summed E-state index contributed by atoms with van der Waals surface area (Å²) >= 11 is 0.932. The van der Waals surface area contributed by atoms with Crippen molar-refractivity contribution in [2.45, 2.75) is 19.8 Å². The maximum absolute atomic E-state index is 12.6. The number of hydrogen-bond acceptors (Lipinski definition) is 4. The number of fused-ring (bicyclic) bond motifs is 1. The number of hydrogen-bond donors (Lipinski definition) is 2. The zero-order chi connectivity index (χ0) is 21.8. The SMILES string of the molecule is Cc1ccc(C=C2SC(=O)N(CCNC(=O)CCc3c[nH]c4ccccc34)C2=O)cc1. The molecule has 3 amide bonds. The van der Waals surface area contributed by atoms with E-state index in [1.165, 1.54) is 4.90 Å². The molecule has 158 valence electrons. The number of H-pyrrole nitrogens is 1. The molecule has 0 radical (unpaired) electrons. The van der Waals surface area contributed by atoms with Gasteiger partial charge >= 0.3 is 0 Å². The summed E-state index contributed by atoms with van der Waals surface area (Å²) in [5.41, 5.74) is 4.15. The van der Waals surface area contributed by atoms with Gasteiger partial charge in [-0.1, -0.05) is 48.0 Å². The zero-order valence-electron chi connectivity index (χ0n) is 17.2. The summed E-state index contributed by atoms with van der Waals surface area (Å²) in [4.78, 5) is 41.8. The number of carbonyl (C=O) groups is 3. The Morgan fingerprint density at radius 2 is 1.90 bits per heavy atom. The number of thioether (sulfide) groups is 1. The predicted molar refractivity (Wildman–Crippen MR) is 123 cm³/mol. The van der Waals surface area contributed by atoms with Gasteiger partial charge in [-0.15, -0.1) is 0 Å². The molecule has 0 unspecified atom stereocenters. The molecule has 1 saturated heterocycles. The molecule has 1 aliphatic heterocycles. The first kappa shape index (κ1) is 20.9. The summed E-state index contributed by atoms with van der Waals surface area (Å²) in [6, 6.07) is 15.7. The third kappa shape index (κ3) is 4.88. The Balaban J connectivity index is 1.27. The lowest BCUT2D eigenvalue weighted by Gasteiger charge is -2.13. The van der Waals surface area contributed by atoms with Gasteiger partial charge in [0.15, 0.2) is 0 Å². The molecule has 31 heavy (non-hydrogen) atoms. The van der Waals surface area contributed by atoms with Crippen molar-refractivity contribution in [3.63, 3.8) is 0 Å². The van der Waals surface area contributed by atoms with Crippen molar-refractivity contribution in [1.82, 2.24) is 15.2 Å². The van der Waals surface area contributed by atoms with Gasteiger partial charge in [0.25, 0.3) is 11.1 Å². The van der Waals surface area contributed by atoms with Gasteiger partial charge in [0.1, 0.15) is 0 Å². The van der Waals surface area contributed by atoms with Crippen LogP contribution in [0.5, 0.6) is 0 Å². The van der Waals surface area contributed by atoms with Gasteiger partial charge < -0.3 is 10.3 Å². The van der Waals surface area contributed by atoms with E-state index in [1.807, 2.05) is 61.7 Å². The minimum atomic E-state index is -0.316. The maximum atomic E-state index is 12.6. The van der Waals surface area contributed by atoms with Crippen molar-refractivity contribution in [2.75, 3.05) is 13.1 Å². The van der Waals surface area contributed by atoms with Gasteiger partial charge in [0.2, 0.25) is 5.91 Å². The summed E-state index contributed by atoms with van der Waals surface area (Å²) < 4.78 is 0. The van der Waals surface area contributed by atoms with E-state index in [0.29, 0.717) is 17.7 Å². The lowest BCUT2D eigenvalue weighted by Crippen LogP contribution is -2.37. The number of benzene rings is 2. The Labute approximate surface area is 184 Å². The van der Waals surface area contributed by atoms with Crippen molar-refractivity contribution in [2.24, 2.45) is 0 Å². The van der Waals surface area contributed by atoms with Crippen molar-refractivity contribution < 1.29 is 14.4 Å². The highest BCUT2D eigenvalue weighted by molar-refractivity contribution is 8.18. The number of rotatable bonds is 7. The molecule has 1 aromatic heterocycles. The van der Waals surface area contributed by atoms with Crippen LogP contribution in [-0.4, -0.2) is 40.0 Å². The van der Waals surface area contributed by atoms with Gasteiger partial charge in [-0.2, -0.15) is 0 Å². The number of carbonyl (C=O) groups excluding carboxylic acids is 3. The lowest BCUT2D eigenvalue weighted by atomic mass is 10.1. The van der Waals surface area contributed by atoms with Gasteiger partial charge in [0, 0.05) is 36.6 Å². The summed E-state index contributed by atoms with van der Waals surface area (Å²) in [6.45, 7) is 2.39. The number of aromatic nitrogens is 1. The van der Waals surface area contributed by atoms with E-state index in [9.17, 15) is 14.4 Å². The van der Waals surface area contributed by atoms with E-state index in [4.69, 9.17) is 0 Å². The fraction of sp³-hybridized carbons (Fsp3) is 0.208. The molecule has 7 heteroatoms. The summed E-state index contributed by atoms with van der Waals surface area (Å²) in [5.74, 6) is -0.420. The molecular weight excluding hydrogens is 410 g/mol. The monoisotopic (exact) mass is 433 g/mol. The number of nitrogens with zero attached hydrogens (tertiary/aromatic N) is 1. The number of aryl methyl sites for hydroxylation is 2. The molecule has 2 heterocycles. The van der Waals surface area contributed by atoms with Crippen LogP contribution >= 0.6 is 11.8 Å². The topological polar surface area (TPSA) is 82.3 Å². The standard InChI is InChI=1S/C24H23N3O3S/c1-16-6-8-17(9-7-16)14-21-23(29)27(24(30)31-21)13-12-25-22(28)11-10-18-15-26-20-5-3-2-4-19(18)20/h2-9,14-15,26H,10-13H2,1H3,(H,25,28). The normalized spacial score (nSPS) is 15.3. The van der Waals surface area contributed by atoms with Crippen molar-refractivity contribution in [1.29, 1.82) is 0 Å². The van der Waals surface area contributed by atoms with Crippen LogP contribution in [0.25, 0.3) is 17.0 Å². The molecule has 0 atom stereocenters. The highest BCUT2D eigenvalue weighted by Gasteiger charge is 2.34. The van der Waals surface area contributed by atoms with E-state index in [0.717, 1.165) is 39.4 Å².